The summed E-state index contributed by atoms with van der Waals surface area (Å²) >= 11 is 0. The van der Waals surface area contributed by atoms with Gasteiger partial charge in [0.2, 0.25) is 11.8 Å². The maximum absolute atomic E-state index is 11.6. The molecule has 1 saturated heterocycles. The van der Waals surface area contributed by atoms with E-state index in [0.717, 1.165) is 26.2 Å². The molecule has 0 aromatic carbocycles. The van der Waals surface area contributed by atoms with Crippen molar-refractivity contribution in [1.29, 1.82) is 0 Å². The van der Waals surface area contributed by atoms with Gasteiger partial charge in [-0.25, -0.2) is 0 Å². The molecule has 19 heavy (non-hydrogen) atoms. The van der Waals surface area contributed by atoms with Crippen LogP contribution in [-0.4, -0.2) is 80.6 Å². The Hall–Kier alpha value is -1.18. The molecule has 110 valence electrons. The quantitative estimate of drug-likeness (QED) is 0.536. The first kappa shape index (κ1) is 15.9. The van der Waals surface area contributed by atoms with Gasteiger partial charge in [0.05, 0.1) is 19.2 Å². The lowest BCUT2D eigenvalue weighted by Crippen LogP contribution is -2.54. The van der Waals surface area contributed by atoms with E-state index in [2.05, 4.69) is 10.2 Å². The summed E-state index contributed by atoms with van der Waals surface area (Å²) < 4.78 is 4.87. The molecule has 1 rings (SSSR count). The lowest BCUT2D eigenvalue weighted by Gasteiger charge is -2.36. The molecule has 0 spiro atoms. The lowest BCUT2D eigenvalue weighted by molar-refractivity contribution is -0.125. The topological polar surface area (TPSA) is 87.9 Å². The van der Waals surface area contributed by atoms with Crippen molar-refractivity contribution in [3.05, 3.63) is 0 Å². The first-order chi connectivity index (χ1) is 9.04. The minimum absolute atomic E-state index is 0.00782. The highest BCUT2D eigenvalue weighted by Gasteiger charge is 2.24. The minimum Gasteiger partial charge on any atom is -0.383 e. The Morgan fingerprint density at radius 1 is 1.32 bits per heavy atom. The highest BCUT2D eigenvalue weighted by atomic mass is 16.5. The summed E-state index contributed by atoms with van der Waals surface area (Å²) in [6, 6.07) is -0.238. The monoisotopic (exact) mass is 272 g/mol. The number of hydrogen-bond acceptors (Lipinski definition) is 5. The molecule has 2 amide bonds. The van der Waals surface area contributed by atoms with Gasteiger partial charge in [-0.1, -0.05) is 0 Å². The van der Waals surface area contributed by atoms with Crippen molar-refractivity contribution in [2.24, 2.45) is 5.73 Å². The van der Waals surface area contributed by atoms with E-state index in [1.807, 2.05) is 11.8 Å². The van der Waals surface area contributed by atoms with Gasteiger partial charge in [-0.2, -0.15) is 0 Å². The molecule has 0 aromatic rings. The van der Waals surface area contributed by atoms with Crippen molar-refractivity contribution < 1.29 is 14.3 Å². The van der Waals surface area contributed by atoms with Crippen molar-refractivity contribution in [2.75, 3.05) is 53.0 Å². The number of nitrogens with one attached hydrogen (secondary N) is 1. The average molecular weight is 272 g/mol. The van der Waals surface area contributed by atoms with Crippen LogP contribution in [0.2, 0.25) is 0 Å². The Kier molecular flexibility index (Phi) is 6.75. The Labute approximate surface area is 114 Å². The van der Waals surface area contributed by atoms with E-state index >= 15 is 0 Å². The van der Waals surface area contributed by atoms with Crippen LogP contribution in [-0.2, 0) is 14.3 Å². The van der Waals surface area contributed by atoms with Gasteiger partial charge in [0.1, 0.15) is 0 Å². The molecule has 0 saturated carbocycles. The van der Waals surface area contributed by atoms with Crippen molar-refractivity contribution in [3.63, 3.8) is 0 Å². The van der Waals surface area contributed by atoms with E-state index in [-0.39, 0.29) is 17.9 Å². The molecule has 1 heterocycles. The first-order valence-corrected chi connectivity index (χ1v) is 6.56. The molecule has 3 N–H and O–H groups in total. The SMILES string of the molecule is COCCNC(=O)CN1CCN(C(C)C(N)=O)CC1. The van der Waals surface area contributed by atoms with Crippen LogP contribution >= 0.6 is 0 Å². The van der Waals surface area contributed by atoms with Crippen LogP contribution in [0.3, 0.4) is 0 Å². The normalized spacial score (nSPS) is 19.1. The lowest BCUT2D eigenvalue weighted by atomic mass is 10.2. The van der Waals surface area contributed by atoms with Crippen molar-refractivity contribution in [3.8, 4) is 0 Å². The Bertz CT molecular complexity index is 303. The second-order valence-electron chi connectivity index (χ2n) is 4.73. The fourth-order valence-corrected chi connectivity index (χ4v) is 2.04. The summed E-state index contributed by atoms with van der Waals surface area (Å²) in [7, 11) is 1.60. The van der Waals surface area contributed by atoms with E-state index in [1.54, 1.807) is 7.11 Å². The van der Waals surface area contributed by atoms with Crippen molar-refractivity contribution in [2.45, 2.75) is 13.0 Å². The second kappa shape index (κ2) is 8.08. The van der Waals surface area contributed by atoms with Gasteiger partial charge in [0.15, 0.2) is 0 Å². The zero-order valence-corrected chi connectivity index (χ0v) is 11.7. The number of piperazine rings is 1. The zero-order chi connectivity index (χ0) is 14.3. The molecule has 1 unspecified atom stereocenters. The minimum atomic E-state index is -0.300. The predicted molar refractivity (Wildman–Crippen MR) is 71.6 cm³/mol. The highest BCUT2D eigenvalue weighted by molar-refractivity contribution is 5.79. The third-order valence-electron chi connectivity index (χ3n) is 3.36. The van der Waals surface area contributed by atoms with Crippen molar-refractivity contribution >= 4 is 11.8 Å². The van der Waals surface area contributed by atoms with Gasteiger partial charge < -0.3 is 15.8 Å². The maximum atomic E-state index is 11.6. The standard InChI is InChI=1S/C12H24N4O3/c1-10(12(13)18)16-6-4-15(5-7-16)9-11(17)14-3-8-19-2/h10H,3-9H2,1-2H3,(H2,13,18)(H,14,17). The number of nitrogens with two attached hydrogens (primary N) is 1. The third-order valence-corrected chi connectivity index (χ3v) is 3.36. The second-order valence-corrected chi connectivity index (χ2v) is 4.73. The molecule has 0 aliphatic carbocycles. The molecular formula is C12H24N4O3. The fraction of sp³-hybridized carbons (Fsp3) is 0.833. The Balaban J connectivity index is 2.22. The number of methoxy groups -OCH3 is 1. The first-order valence-electron chi connectivity index (χ1n) is 6.56. The van der Waals surface area contributed by atoms with Crippen LogP contribution in [0, 0.1) is 0 Å². The van der Waals surface area contributed by atoms with Gasteiger partial charge in [0, 0.05) is 39.8 Å². The number of hydrogen-bond donors (Lipinski definition) is 2. The number of carbonyl (C=O) groups excluding carboxylic acids is 2. The third kappa shape index (κ3) is 5.54. The van der Waals surface area contributed by atoms with Gasteiger partial charge >= 0.3 is 0 Å². The fourth-order valence-electron chi connectivity index (χ4n) is 2.04. The van der Waals surface area contributed by atoms with E-state index in [1.165, 1.54) is 0 Å². The number of nitrogens with zero attached hydrogens (tertiary/aromatic N) is 2. The smallest absolute Gasteiger partial charge is 0.234 e. The van der Waals surface area contributed by atoms with Gasteiger partial charge in [-0.3, -0.25) is 19.4 Å². The van der Waals surface area contributed by atoms with Gasteiger partial charge in [0.25, 0.3) is 0 Å². The van der Waals surface area contributed by atoms with Crippen LogP contribution < -0.4 is 11.1 Å². The number of amides is 2. The molecule has 0 radical (unpaired) electrons. The molecule has 1 aliphatic rings. The van der Waals surface area contributed by atoms with Gasteiger partial charge in [-0.15, -0.1) is 0 Å². The molecule has 0 bridgehead atoms. The van der Waals surface area contributed by atoms with Crippen LogP contribution in [0.15, 0.2) is 0 Å². The zero-order valence-electron chi connectivity index (χ0n) is 11.7. The van der Waals surface area contributed by atoms with E-state index in [9.17, 15) is 9.59 Å². The predicted octanol–water partition coefficient (Wildman–Crippen LogP) is -1.76. The van der Waals surface area contributed by atoms with Crippen LogP contribution in [0.5, 0.6) is 0 Å². The molecule has 1 aliphatic heterocycles. The molecule has 1 fully saturated rings. The van der Waals surface area contributed by atoms with Crippen LogP contribution in [0.4, 0.5) is 0 Å². The van der Waals surface area contributed by atoms with Crippen molar-refractivity contribution in [1.82, 2.24) is 15.1 Å². The Morgan fingerprint density at radius 2 is 1.95 bits per heavy atom. The van der Waals surface area contributed by atoms with Gasteiger partial charge in [-0.05, 0) is 6.92 Å². The summed E-state index contributed by atoms with van der Waals surface area (Å²) in [6.45, 7) is 6.33. The van der Waals surface area contributed by atoms with Crippen LogP contribution in [0.25, 0.3) is 0 Å². The largest absolute Gasteiger partial charge is 0.383 e. The summed E-state index contributed by atoms with van der Waals surface area (Å²) in [4.78, 5) is 26.8. The maximum Gasteiger partial charge on any atom is 0.234 e. The summed E-state index contributed by atoms with van der Waals surface area (Å²) in [5, 5.41) is 2.79. The summed E-state index contributed by atoms with van der Waals surface area (Å²) in [6.07, 6.45) is 0. The number of carbonyl (C=O) groups is 2. The highest BCUT2D eigenvalue weighted by Crippen LogP contribution is 2.05. The van der Waals surface area contributed by atoms with E-state index in [0.29, 0.717) is 19.7 Å². The average Bonchev–Trinajstić information content (AvgIpc) is 2.39. The summed E-state index contributed by atoms with van der Waals surface area (Å²) in [5.74, 6) is -0.292. The molecular weight excluding hydrogens is 248 g/mol. The van der Waals surface area contributed by atoms with Crippen LogP contribution in [0.1, 0.15) is 6.92 Å². The molecule has 7 nitrogen and oxygen atoms in total. The number of rotatable bonds is 7. The number of ether oxygens (including phenoxy) is 1. The van der Waals surface area contributed by atoms with E-state index in [4.69, 9.17) is 10.5 Å². The molecule has 7 heteroatoms. The van der Waals surface area contributed by atoms with E-state index < -0.39 is 0 Å². The Morgan fingerprint density at radius 3 is 2.47 bits per heavy atom. The number of primary amides is 1. The summed E-state index contributed by atoms with van der Waals surface area (Å²) in [5.41, 5.74) is 5.28. The molecule has 1 atom stereocenters. The molecule has 0 aromatic heterocycles.